The van der Waals surface area contributed by atoms with E-state index in [4.69, 9.17) is 0 Å². The van der Waals surface area contributed by atoms with E-state index in [1.54, 1.807) is 6.20 Å². The number of nitrogens with one attached hydrogen (secondary N) is 1. The van der Waals surface area contributed by atoms with Crippen LogP contribution in [0.25, 0.3) is 16.8 Å². The van der Waals surface area contributed by atoms with Crippen molar-refractivity contribution < 1.29 is 0 Å². The minimum Gasteiger partial charge on any atom is -0.296 e. The summed E-state index contributed by atoms with van der Waals surface area (Å²) in [5.74, 6) is 0. The van der Waals surface area contributed by atoms with Crippen molar-refractivity contribution in [1.29, 1.82) is 0 Å². The predicted octanol–water partition coefficient (Wildman–Crippen LogP) is 3.59. The normalized spacial score (nSPS) is 11.0. The number of benzene rings is 2. The Morgan fingerprint density at radius 2 is 1.92 bits per heavy atom. The van der Waals surface area contributed by atoms with Crippen LogP contribution in [-0.4, -0.2) is 14.6 Å². The number of hydrogen-bond donors (Lipinski definition) is 1. The van der Waals surface area contributed by atoms with E-state index in [9.17, 15) is 4.79 Å². The van der Waals surface area contributed by atoms with Crippen LogP contribution >= 0.6 is 0 Å². The van der Waals surface area contributed by atoms with E-state index in [-0.39, 0.29) is 5.56 Å². The maximum Gasteiger partial charge on any atom is 0.276 e. The fraction of sp³-hybridized carbons (Fsp3) is 0.100. The molecule has 2 aromatic carbocycles. The molecule has 0 atom stereocenters. The van der Waals surface area contributed by atoms with Crippen molar-refractivity contribution in [2.45, 2.75) is 13.3 Å². The fourth-order valence-electron chi connectivity index (χ4n) is 2.96. The van der Waals surface area contributed by atoms with Crippen molar-refractivity contribution in [1.82, 2.24) is 14.6 Å². The first kappa shape index (κ1) is 14.5. The van der Waals surface area contributed by atoms with Gasteiger partial charge in [-0.2, -0.15) is 0 Å². The lowest BCUT2D eigenvalue weighted by Crippen LogP contribution is -2.19. The van der Waals surface area contributed by atoms with Gasteiger partial charge < -0.3 is 0 Å². The molecule has 2 aromatic heterocycles. The summed E-state index contributed by atoms with van der Waals surface area (Å²) in [6.45, 7) is 2.05. The van der Waals surface area contributed by atoms with Gasteiger partial charge in [-0.25, -0.2) is 9.50 Å². The molecule has 0 unspecified atom stereocenters. The van der Waals surface area contributed by atoms with Crippen LogP contribution in [0.1, 0.15) is 16.7 Å². The molecule has 0 spiro atoms. The Morgan fingerprint density at radius 1 is 1.08 bits per heavy atom. The lowest BCUT2D eigenvalue weighted by molar-refractivity contribution is 0.873. The molecule has 118 valence electrons. The van der Waals surface area contributed by atoms with Crippen LogP contribution in [0.2, 0.25) is 0 Å². The number of aromatic nitrogens is 3. The summed E-state index contributed by atoms with van der Waals surface area (Å²) < 4.78 is 1.52. The predicted molar refractivity (Wildman–Crippen MR) is 95.2 cm³/mol. The molecule has 0 saturated carbocycles. The van der Waals surface area contributed by atoms with E-state index in [2.05, 4.69) is 29.1 Å². The highest BCUT2D eigenvalue weighted by molar-refractivity contribution is 5.77. The van der Waals surface area contributed by atoms with Crippen LogP contribution < -0.4 is 5.56 Å². The van der Waals surface area contributed by atoms with Gasteiger partial charge in [-0.3, -0.25) is 9.89 Å². The molecule has 0 radical (unpaired) electrons. The molecule has 0 fully saturated rings. The van der Waals surface area contributed by atoms with Crippen molar-refractivity contribution in [2.75, 3.05) is 0 Å². The molecule has 0 aliphatic heterocycles. The molecular formula is C20H17N3O. The minimum atomic E-state index is -0.0530. The molecule has 1 N–H and O–H groups in total. The van der Waals surface area contributed by atoms with Gasteiger partial charge in [0.2, 0.25) is 0 Å². The summed E-state index contributed by atoms with van der Waals surface area (Å²) in [5, 5.41) is 3.04. The summed E-state index contributed by atoms with van der Waals surface area (Å²) in [7, 11) is 0. The van der Waals surface area contributed by atoms with Crippen LogP contribution in [0.5, 0.6) is 0 Å². The van der Waals surface area contributed by atoms with Crippen molar-refractivity contribution in [3.05, 3.63) is 94.0 Å². The van der Waals surface area contributed by atoms with Crippen molar-refractivity contribution in [3.63, 3.8) is 0 Å². The number of aryl methyl sites for hydroxylation is 1. The van der Waals surface area contributed by atoms with Crippen LogP contribution in [-0.2, 0) is 6.42 Å². The zero-order valence-corrected chi connectivity index (χ0v) is 13.4. The van der Waals surface area contributed by atoms with E-state index >= 15 is 0 Å². The molecular weight excluding hydrogens is 298 g/mol. The number of H-pyrrole nitrogens is 1. The highest BCUT2D eigenvalue weighted by Crippen LogP contribution is 2.23. The maximum absolute atomic E-state index is 12.7. The molecule has 0 amide bonds. The molecule has 0 bridgehead atoms. The number of fused-ring (bicyclic) bond motifs is 1. The van der Waals surface area contributed by atoms with E-state index < -0.39 is 0 Å². The molecule has 4 nitrogen and oxygen atoms in total. The quantitative estimate of drug-likeness (QED) is 0.628. The molecule has 2 heterocycles. The Balaban J connectivity index is 1.80. The van der Waals surface area contributed by atoms with Crippen LogP contribution in [0.4, 0.5) is 0 Å². The number of rotatable bonds is 3. The van der Waals surface area contributed by atoms with Crippen LogP contribution in [0, 0.1) is 6.92 Å². The highest BCUT2D eigenvalue weighted by Gasteiger charge is 2.12. The van der Waals surface area contributed by atoms with E-state index in [0.717, 1.165) is 16.7 Å². The van der Waals surface area contributed by atoms with Gasteiger partial charge in [-0.05, 0) is 18.1 Å². The average Bonchev–Trinajstić information content (AvgIpc) is 3.03. The zero-order chi connectivity index (χ0) is 16.5. The Kier molecular flexibility index (Phi) is 3.50. The largest absolute Gasteiger partial charge is 0.296 e. The number of hydrogen-bond acceptors (Lipinski definition) is 2. The first-order chi connectivity index (χ1) is 11.7. The van der Waals surface area contributed by atoms with Crippen molar-refractivity contribution >= 4 is 5.65 Å². The van der Waals surface area contributed by atoms with Gasteiger partial charge in [0.15, 0.2) is 5.65 Å². The van der Waals surface area contributed by atoms with Gasteiger partial charge in [-0.1, -0.05) is 60.2 Å². The lowest BCUT2D eigenvalue weighted by atomic mass is 10.1. The molecule has 4 heteroatoms. The second-order valence-electron chi connectivity index (χ2n) is 5.97. The third-order valence-corrected chi connectivity index (χ3v) is 4.18. The summed E-state index contributed by atoms with van der Waals surface area (Å²) in [6.07, 6.45) is 4.11. The minimum absolute atomic E-state index is 0.0530. The standard InChI is InChI=1S/C20H17N3O/c1-14-6-5-9-16(10-14)18-13-22-23-19(18)21-12-17(20(23)24)11-15-7-3-2-4-8-15/h2-10,12-13,22H,11H2,1H3. The Bertz CT molecular complexity index is 1060. The monoisotopic (exact) mass is 315 g/mol. The molecule has 0 aliphatic rings. The summed E-state index contributed by atoms with van der Waals surface area (Å²) in [6, 6.07) is 18.1. The summed E-state index contributed by atoms with van der Waals surface area (Å²) >= 11 is 0. The van der Waals surface area contributed by atoms with E-state index in [0.29, 0.717) is 17.6 Å². The molecule has 0 saturated heterocycles. The second-order valence-corrected chi connectivity index (χ2v) is 5.97. The topological polar surface area (TPSA) is 50.2 Å². The maximum atomic E-state index is 12.7. The van der Waals surface area contributed by atoms with Crippen LogP contribution in [0.3, 0.4) is 0 Å². The SMILES string of the molecule is Cc1cccc(-c2c[nH]n3c(=O)c(Cc4ccccc4)cnc23)c1. The number of nitrogens with zero attached hydrogens (tertiary/aromatic N) is 2. The second kappa shape index (κ2) is 5.81. The smallest absolute Gasteiger partial charge is 0.276 e. The Labute approximate surface area is 139 Å². The lowest BCUT2D eigenvalue weighted by Gasteiger charge is -2.03. The summed E-state index contributed by atoms with van der Waals surface area (Å²) in [5.41, 5.74) is 5.54. The van der Waals surface area contributed by atoms with Gasteiger partial charge in [0.05, 0.1) is 0 Å². The summed E-state index contributed by atoms with van der Waals surface area (Å²) in [4.78, 5) is 17.3. The van der Waals surface area contributed by atoms with Gasteiger partial charge >= 0.3 is 0 Å². The van der Waals surface area contributed by atoms with E-state index in [1.165, 1.54) is 10.1 Å². The first-order valence-electron chi connectivity index (χ1n) is 7.91. The Hall–Kier alpha value is -3.14. The third-order valence-electron chi connectivity index (χ3n) is 4.18. The van der Waals surface area contributed by atoms with Gasteiger partial charge in [0.25, 0.3) is 5.56 Å². The first-order valence-corrected chi connectivity index (χ1v) is 7.91. The van der Waals surface area contributed by atoms with Crippen molar-refractivity contribution in [3.8, 4) is 11.1 Å². The highest BCUT2D eigenvalue weighted by atomic mass is 16.1. The van der Waals surface area contributed by atoms with Crippen molar-refractivity contribution in [2.24, 2.45) is 0 Å². The Morgan fingerprint density at radius 3 is 2.71 bits per heavy atom. The van der Waals surface area contributed by atoms with Gasteiger partial charge in [-0.15, -0.1) is 0 Å². The average molecular weight is 315 g/mol. The zero-order valence-electron chi connectivity index (χ0n) is 13.4. The van der Waals surface area contributed by atoms with E-state index in [1.807, 2.05) is 48.7 Å². The molecule has 4 aromatic rings. The third kappa shape index (κ3) is 2.52. The van der Waals surface area contributed by atoms with Gasteiger partial charge in [0.1, 0.15) is 0 Å². The fourth-order valence-corrected chi connectivity index (χ4v) is 2.96. The molecule has 0 aliphatic carbocycles. The molecule has 4 rings (SSSR count). The molecule has 24 heavy (non-hydrogen) atoms. The number of aromatic amines is 1. The van der Waals surface area contributed by atoms with Crippen LogP contribution in [0.15, 0.2) is 71.8 Å². The van der Waals surface area contributed by atoms with Gasteiger partial charge in [0, 0.05) is 29.9 Å².